The van der Waals surface area contributed by atoms with Crippen molar-refractivity contribution in [1.82, 2.24) is 4.90 Å². The molecule has 1 aliphatic heterocycles. The lowest BCUT2D eigenvalue weighted by molar-refractivity contribution is 0.0719. The fraction of sp³-hybridized carbons (Fsp3) is 0.353. The lowest BCUT2D eigenvalue weighted by Gasteiger charge is -2.23. The SMILES string of the molecule is Cc1ccc(C2CCCN2C(=O)c2ccc(CN)cc2)o1. The fourth-order valence-corrected chi connectivity index (χ4v) is 2.89. The molecule has 0 radical (unpaired) electrons. The van der Waals surface area contributed by atoms with E-state index in [0.29, 0.717) is 12.1 Å². The average Bonchev–Trinajstić information content (AvgIpc) is 3.15. The van der Waals surface area contributed by atoms with Crippen molar-refractivity contribution in [2.75, 3.05) is 6.54 Å². The van der Waals surface area contributed by atoms with Crippen LogP contribution in [-0.4, -0.2) is 17.4 Å². The molecule has 2 heterocycles. The molecule has 2 N–H and O–H groups in total. The molecular weight excluding hydrogens is 264 g/mol. The van der Waals surface area contributed by atoms with Gasteiger partial charge in [0.15, 0.2) is 0 Å². The van der Waals surface area contributed by atoms with E-state index in [1.165, 1.54) is 0 Å². The van der Waals surface area contributed by atoms with Crippen molar-refractivity contribution in [3.05, 3.63) is 59.0 Å². The van der Waals surface area contributed by atoms with E-state index in [1.807, 2.05) is 48.2 Å². The summed E-state index contributed by atoms with van der Waals surface area (Å²) in [7, 11) is 0. The van der Waals surface area contributed by atoms with Gasteiger partial charge in [0.25, 0.3) is 5.91 Å². The minimum Gasteiger partial charge on any atom is -0.464 e. The Balaban J connectivity index is 1.82. The number of nitrogens with zero attached hydrogens (tertiary/aromatic N) is 1. The molecule has 4 nitrogen and oxygen atoms in total. The monoisotopic (exact) mass is 284 g/mol. The van der Waals surface area contributed by atoms with Crippen molar-refractivity contribution in [1.29, 1.82) is 0 Å². The molecule has 3 rings (SSSR count). The molecule has 4 heteroatoms. The zero-order valence-corrected chi connectivity index (χ0v) is 12.2. The summed E-state index contributed by atoms with van der Waals surface area (Å²) in [6.45, 7) is 3.20. The third kappa shape index (κ3) is 2.72. The zero-order valence-electron chi connectivity index (χ0n) is 12.2. The Morgan fingerprint density at radius 2 is 2.05 bits per heavy atom. The van der Waals surface area contributed by atoms with Gasteiger partial charge in [-0.25, -0.2) is 0 Å². The minimum absolute atomic E-state index is 0.0559. The molecule has 0 aliphatic carbocycles. The molecule has 0 saturated carbocycles. The first-order chi connectivity index (χ1) is 10.2. The van der Waals surface area contributed by atoms with Crippen LogP contribution in [0.15, 0.2) is 40.8 Å². The van der Waals surface area contributed by atoms with Crippen molar-refractivity contribution < 1.29 is 9.21 Å². The Morgan fingerprint density at radius 3 is 2.67 bits per heavy atom. The van der Waals surface area contributed by atoms with Gasteiger partial charge in [0, 0.05) is 18.7 Å². The van der Waals surface area contributed by atoms with Crippen LogP contribution in [0.5, 0.6) is 0 Å². The summed E-state index contributed by atoms with van der Waals surface area (Å²) in [5.74, 6) is 1.84. The first-order valence-electron chi connectivity index (χ1n) is 7.35. The van der Waals surface area contributed by atoms with Gasteiger partial charge in [-0.2, -0.15) is 0 Å². The number of furan rings is 1. The van der Waals surface area contributed by atoms with Crippen LogP contribution in [-0.2, 0) is 6.54 Å². The molecule has 1 unspecified atom stereocenters. The Hall–Kier alpha value is -2.07. The van der Waals surface area contributed by atoms with Gasteiger partial charge in [-0.15, -0.1) is 0 Å². The number of amides is 1. The lowest BCUT2D eigenvalue weighted by Crippen LogP contribution is -2.30. The van der Waals surface area contributed by atoms with Gasteiger partial charge < -0.3 is 15.1 Å². The van der Waals surface area contributed by atoms with Crippen molar-refractivity contribution in [3.63, 3.8) is 0 Å². The molecule has 1 aliphatic rings. The number of aryl methyl sites for hydroxylation is 1. The maximum absolute atomic E-state index is 12.7. The maximum atomic E-state index is 12.7. The minimum atomic E-state index is 0.0559. The Labute approximate surface area is 124 Å². The highest BCUT2D eigenvalue weighted by Crippen LogP contribution is 2.34. The normalized spacial score (nSPS) is 18.2. The average molecular weight is 284 g/mol. The van der Waals surface area contributed by atoms with E-state index in [-0.39, 0.29) is 11.9 Å². The van der Waals surface area contributed by atoms with Crippen molar-refractivity contribution in [3.8, 4) is 0 Å². The Bertz CT molecular complexity index is 630. The predicted molar refractivity (Wildman–Crippen MR) is 80.8 cm³/mol. The first-order valence-corrected chi connectivity index (χ1v) is 7.35. The number of nitrogens with two attached hydrogens (primary N) is 1. The largest absolute Gasteiger partial charge is 0.464 e. The molecule has 2 aromatic rings. The number of hydrogen-bond donors (Lipinski definition) is 1. The Kier molecular flexibility index (Phi) is 3.80. The molecule has 1 amide bonds. The van der Waals surface area contributed by atoms with Crippen LogP contribution in [0.1, 0.15) is 46.3 Å². The van der Waals surface area contributed by atoms with E-state index in [0.717, 1.165) is 36.5 Å². The maximum Gasteiger partial charge on any atom is 0.254 e. The molecule has 1 fully saturated rings. The molecule has 21 heavy (non-hydrogen) atoms. The van der Waals surface area contributed by atoms with E-state index in [1.54, 1.807) is 0 Å². The molecule has 1 aromatic carbocycles. The number of rotatable bonds is 3. The number of carbonyl (C=O) groups is 1. The highest BCUT2D eigenvalue weighted by atomic mass is 16.3. The first kappa shape index (κ1) is 13.9. The quantitative estimate of drug-likeness (QED) is 0.942. The summed E-state index contributed by atoms with van der Waals surface area (Å²) in [5.41, 5.74) is 7.33. The summed E-state index contributed by atoms with van der Waals surface area (Å²) < 4.78 is 5.71. The lowest BCUT2D eigenvalue weighted by atomic mass is 10.1. The van der Waals surface area contributed by atoms with Gasteiger partial charge in [-0.3, -0.25) is 4.79 Å². The van der Waals surface area contributed by atoms with Crippen LogP contribution < -0.4 is 5.73 Å². The molecule has 0 spiro atoms. The van der Waals surface area contributed by atoms with Crippen LogP contribution in [0.3, 0.4) is 0 Å². The smallest absolute Gasteiger partial charge is 0.254 e. The third-order valence-corrected chi connectivity index (χ3v) is 4.04. The summed E-state index contributed by atoms with van der Waals surface area (Å²) in [6, 6.07) is 11.5. The summed E-state index contributed by atoms with van der Waals surface area (Å²) in [4.78, 5) is 14.6. The van der Waals surface area contributed by atoms with E-state index >= 15 is 0 Å². The topological polar surface area (TPSA) is 59.5 Å². The highest BCUT2D eigenvalue weighted by Gasteiger charge is 2.32. The molecule has 1 saturated heterocycles. The number of likely N-dealkylation sites (tertiary alicyclic amines) is 1. The van der Waals surface area contributed by atoms with Gasteiger partial charge in [-0.05, 0) is 49.6 Å². The van der Waals surface area contributed by atoms with E-state index in [4.69, 9.17) is 10.2 Å². The van der Waals surface area contributed by atoms with Gasteiger partial charge >= 0.3 is 0 Å². The predicted octanol–water partition coefficient (Wildman–Crippen LogP) is 3.02. The van der Waals surface area contributed by atoms with Crippen LogP contribution in [0, 0.1) is 6.92 Å². The van der Waals surface area contributed by atoms with Crippen LogP contribution in [0.25, 0.3) is 0 Å². The molecule has 1 aromatic heterocycles. The summed E-state index contributed by atoms with van der Waals surface area (Å²) >= 11 is 0. The number of benzene rings is 1. The highest BCUT2D eigenvalue weighted by molar-refractivity contribution is 5.94. The third-order valence-electron chi connectivity index (χ3n) is 4.04. The summed E-state index contributed by atoms with van der Waals surface area (Å²) in [5, 5.41) is 0. The second-order valence-electron chi connectivity index (χ2n) is 5.51. The van der Waals surface area contributed by atoms with Crippen molar-refractivity contribution in [2.24, 2.45) is 5.73 Å². The van der Waals surface area contributed by atoms with Crippen LogP contribution >= 0.6 is 0 Å². The molecular formula is C17H20N2O2. The van der Waals surface area contributed by atoms with Gasteiger partial charge in [-0.1, -0.05) is 12.1 Å². The molecule has 1 atom stereocenters. The van der Waals surface area contributed by atoms with Crippen molar-refractivity contribution >= 4 is 5.91 Å². The second kappa shape index (κ2) is 5.74. The molecule has 110 valence electrons. The Morgan fingerprint density at radius 1 is 1.29 bits per heavy atom. The van der Waals surface area contributed by atoms with Gasteiger partial charge in [0.2, 0.25) is 0 Å². The van der Waals surface area contributed by atoms with E-state index < -0.39 is 0 Å². The standard InChI is InChI=1S/C17H20N2O2/c1-12-4-9-16(21-12)15-3-2-10-19(15)17(20)14-7-5-13(11-18)6-8-14/h4-9,15H,2-3,10-11,18H2,1H3. The van der Waals surface area contributed by atoms with E-state index in [2.05, 4.69) is 0 Å². The van der Waals surface area contributed by atoms with Gasteiger partial charge in [0.1, 0.15) is 11.5 Å². The molecule has 0 bridgehead atoms. The fourth-order valence-electron chi connectivity index (χ4n) is 2.89. The second-order valence-corrected chi connectivity index (χ2v) is 5.51. The summed E-state index contributed by atoms with van der Waals surface area (Å²) in [6.07, 6.45) is 1.97. The van der Waals surface area contributed by atoms with Crippen LogP contribution in [0.2, 0.25) is 0 Å². The number of hydrogen-bond acceptors (Lipinski definition) is 3. The van der Waals surface area contributed by atoms with Gasteiger partial charge in [0.05, 0.1) is 6.04 Å². The van der Waals surface area contributed by atoms with Crippen LogP contribution in [0.4, 0.5) is 0 Å². The van der Waals surface area contributed by atoms with Crippen molar-refractivity contribution in [2.45, 2.75) is 32.4 Å². The number of carbonyl (C=O) groups excluding carboxylic acids is 1. The van der Waals surface area contributed by atoms with E-state index in [9.17, 15) is 4.79 Å². The zero-order chi connectivity index (χ0) is 14.8.